The van der Waals surface area contributed by atoms with Crippen LogP contribution in [0.2, 0.25) is 0 Å². The number of halogens is 3. The van der Waals surface area contributed by atoms with Crippen molar-refractivity contribution in [3.05, 3.63) is 0 Å². The topological polar surface area (TPSA) is 44.1 Å². The minimum Gasteiger partial charge on any atom is -0.319 e. The predicted molar refractivity (Wildman–Crippen MR) is 36.4 cm³/mol. The first-order chi connectivity index (χ1) is 5.96. The number of carbonyl (C=O) groups is 1. The van der Waals surface area contributed by atoms with E-state index in [-0.39, 0.29) is 6.54 Å². The molecule has 3 nitrogen and oxygen atoms in total. The summed E-state index contributed by atoms with van der Waals surface area (Å²) >= 11 is 0. The van der Waals surface area contributed by atoms with E-state index in [1.807, 2.05) is 0 Å². The molecule has 1 unspecified atom stereocenters. The lowest BCUT2D eigenvalue weighted by atomic mass is 10.2. The largest absolute Gasteiger partial charge is 0.471 e. The van der Waals surface area contributed by atoms with Crippen molar-refractivity contribution in [3.63, 3.8) is 0 Å². The maximum atomic E-state index is 11.9. The highest BCUT2D eigenvalue weighted by Gasteiger charge is 2.45. The summed E-state index contributed by atoms with van der Waals surface area (Å²) in [5, 5.41) is 8.44. The Morgan fingerprint density at radius 2 is 2.15 bits per heavy atom. The maximum Gasteiger partial charge on any atom is 0.471 e. The summed E-state index contributed by atoms with van der Waals surface area (Å²) in [7, 11) is 0. The van der Waals surface area contributed by atoms with Crippen molar-refractivity contribution in [1.29, 1.82) is 5.26 Å². The van der Waals surface area contributed by atoms with E-state index < -0.39 is 18.1 Å². The fourth-order valence-corrected chi connectivity index (χ4v) is 1.31. The lowest BCUT2D eigenvalue weighted by Crippen LogP contribution is -2.43. The zero-order valence-corrected chi connectivity index (χ0v) is 6.64. The van der Waals surface area contributed by atoms with Gasteiger partial charge in [0.25, 0.3) is 0 Å². The molecule has 1 atom stereocenters. The van der Waals surface area contributed by atoms with E-state index in [1.165, 1.54) is 0 Å². The molecule has 0 N–H and O–H groups in total. The fourth-order valence-electron chi connectivity index (χ4n) is 1.31. The number of amides is 1. The molecule has 6 heteroatoms. The average molecular weight is 192 g/mol. The third-order valence-corrected chi connectivity index (χ3v) is 1.91. The van der Waals surface area contributed by atoms with Crippen molar-refractivity contribution < 1.29 is 18.0 Å². The third-order valence-electron chi connectivity index (χ3n) is 1.91. The minimum absolute atomic E-state index is 0.0244. The molecule has 72 valence electrons. The highest BCUT2D eigenvalue weighted by atomic mass is 19.4. The molecule has 0 spiro atoms. The first-order valence-corrected chi connectivity index (χ1v) is 3.74. The van der Waals surface area contributed by atoms with Gasteiger partial charge in [-0.3, -0.25) is 4.79 Å². The summed E-state index contributed by atoms with van der Waals surface area (Å²) in [6.07, 6.45) is -4.07. The van der Waals surface area contributed by atoms with Crippen molar-refractivity contribution in [2.75, 3.05) is 6.54 Å². The lowest BCUT2D eigenvalue weighted by Gasteiger charge is -2.20. The van der Waals surface area contributed by atoms with Crippen molar-refractivity contribution in [3.8, 4) is 6.07 Å². The van der Waals surface area contributed by atoms with E-state index in [0.717, 1.165) is 0 Å². The van der Waals surface area contributed by atoms with Gasteiger partial charge in [-0.1, -0.05) is 0 Å². The number of rotatable bonds is 0. The molecular formula is C7H7F3N2O. The van der Waals surface area contributed by atoms with Gasteiger partial charge in [0.05, 0.1) is 6.07 Å². The molecule has 1 saturated heterocycles. The van der Waals surface area contributed by atoms with Gasteiger partial charge in [0, 0.05) is 6.54 Å². The summed E-state index contributed by atoms with van der Waals surface area (Å²) in [5.74, 6) is -1.91. The van der Waals surface area contributed by atoms with Crippen molar-refractivity contribution in [2.24, 2.45) is 0 Å². The van der Waals surface area contributed by atoms with Crippen LogP contribution in [-0.2, 0) is 4.79 Å². The van der Waals surface area contributed by atoms with Crippen molar-refractivity contribution in [1.82, 2.24) is 4.90 Å². The van der Waals surface area contributed by atoms with Crippen molar-refractivity contribution in [2.45, 2.75) is 25.1 Å². The second kappa shape index (κ2) is 3.24. The van der Waals surface area contributed by atoms with E-state index in [1.54, 1.807) is 6.07 Å². The van der Waals surface area contributed by atoms with E-state index in [4.69, 9.17) is 5.26 Å². The first kappa shape index (κ1) is 9.84. The molecule has 0 saturated carbocycles. The summed E-state index contributed by atoms with van der Waals surface area (Å²) in [5.41, 5.74) is 0. The Balaban J connectivity index is 2.73. The molecule has 1 aliphatic heterocycles. The van der Waals surface area contributed by atoms with Gasteiger partial charge in [0.2, 0.25) is 0 Å². The van der Waals surface area contributed by atoms with E-state index in [9.17, 15) is 18.0 Å². The third kappa shape index (κ3) is 1.91. The molecule has 0 aromatic rings. The SMILES string of the molecule is N#CC1CCCN1C(=O)C(F)(F)F. The average Bonchev–Trinajstić information content (AvgIpc) is 2.48. The monoisotopic (exact) mass is 192 g/mol. The summed E-state index contributed by atoms with van der Waals surface area (Å²) in [6.45, 7) is 0.0244. The molecule has 13 heavy (non-hydrogen) atoms. The van der Waals surface area contributed by atoms with Crippen LogP contribution in [0.5, 0.6) is 0 Å². The molecule has 0 bridgehead atoms. The number of nitrogens with zero attached hydrogens (tertiary/aromatic N) is 2. The van der Waals surface area contributed by atoms with E-state index >= 15 is 0 Å². The molecular weight excluding hydrogens is 185 g/mol. The number of hydrogen-bond acceptors (Lipinski definition) is 2. The number of nitriles is 1. The highest BCUT2D eigenvalue weighted by Crippen LogP contribution is 2.24. The van der Waals surface area contributed by atoms with Crippen LogP contribution in [0, 0.1) is 11.3 Å². The Hall–Kier alpha value is -1.25. The van der Waals surface area contributed by atoms with Crippen LogP contribution in [0.15, 0.2) is 0 Å². The molecule has 1 aliphatic rings. The quantitative estimate of drug-likeness (QED) is 0.576. The van der Waals surface area contributed by atoms with Gasteiger partial charge in [0.1, 0.15) is 6.04 Å². The van der Waals surface area contributed by atoms with Crippen LogP contribution in [0.1, 0.15) is 12.8 Å². The van der Waals surface area contributed by atoms with Crippen LogP contribution in [0.4, 0.5) is 13.2 Å². The summed E-state index contributed by atoms with van der Waals surface area (Å²) in [4.78, 5) is 11.3. The smallest absolute Gasteiger partial charge is 0.319 e. The van der Waals surface area contributed by atoms with Crippen molar-refractivity contribution >= 4 is 5.91 Å². The highest BCUT2D eigenvalue weighted by molar-refractivity contribution is 5.82. The molecule has 0 aliphatic carbocycles. The molecule has 1 rings (SSSR count). The molecule has 1 amide bonds. The fraction of sp³-hybridized carbons (Fsp3) is 0.714. The second-order valence-corrected chi connectivity index (χ2v) is 2.78. The Kier molecular flexibility index (Phi) is 2.45. The number of hydrogen-bond donors (Lipinski definition) is 0. The molecule has 1 heterocycles. The van der Waals surface area contributed by atoms with Gasteiger partial charge < -0.3 is 4.90 Å². The van der Waals surface area contributed by atoms with Gasteiger partial charge in [-0.25, -0.2) is 0 Å². The zero-order valence-electron chi connectivity index (χ0n) is 6.64. The Labute approximate surface area is 72.7 Å². The molecule has 0 aromatic carbocycles. The Bertz CT molecular complexity index is 255. The van der Waals surface area contributed by atoms with Gasteiger partial charge >= 0.3 is 12.1 Å². The predicted octanol–water partition coefficient (Wildman–Crippen LogP) is 1.06. The zero-order chi connectivity index (χ0) is 10.1. The van der Waals surface area contributed by atoms with Crippen LogP contribution in [0.25, 0.3) is 0 Å². The molecule has 0 aromatic heterocycles. The summed E-state index contributed by atoms with van der Waals surface area (Å²) in [6, 6.07) is 0.764. The lowest BCUT2D eigenvalue weighted by molar-refractivity contribution is -0.185. The Morgan fingerprint density at radius 1 is 1.54 bits per heavy atom. The van der Waals surface area contributed by atoms with Crippen LogP contribution >= 0.6 is 0 Å². The Morgan fingerprint density at radius 3 is 2.62 bits per heavy atom. The number of carbonyl (C=O) groups excluding carboxylic acids is 1. The number of alkyl halides is 3. The normalized spacial score (nSPS) is 22.9. The molecule has 0 radical (unpaired) electrons. The van der Waals surface area contributed by atoms with Gasteiger partial charge in [-0.15, -0.1) is 0 Å². The van der Waals surface area contributed by atoms with E-state index in [2.05, 4.69) is 0 Å². The van der Waals surface area contributed by atoms with Crippen LogP contribution < -0.4 is 0 Å². The van der Waals surface area contributed by atoms with Gasteiger partial charge in [0.15, 0.2) is 0 Å². The summed E-state index contributed by atoms with van der Waals surface area (Å²) < 4.78 is 35.7. The first-order valence-electron chi connectivity index (χ1n) is 3.74. The van der Waals surface area contributed by atoms with Crippen LogP contribution in [0.3, 0.4) is 0 Å². The standard InChI is InChI=1S/C7H7F3N2O/c8-7(9,10)6(13)12-3-1-2-5(12)4-11/h5H,1-3H2. The van der Waals surface area contributed by atoms with Gasteiger partial charge in [-0.2, -0.15) is 18.4 Å². The minimum atomic E-state index is -4.86. The van der Waals surface area contributed by atoms with E-state index in [0.29, 0.717) is 17.7 Å². The second-order valence-electron chi connectivity index (χ2n) is 2.78. The number of likely N-dealkylation sites (tertiary alicyclic amines) is 1. The van der Waals surface area contributed by atoms with Crippen LogP contribution in [-0.4, -0.2) is 29.6 Å². The molecule has 1 fully saturated rings. The van der Waals surface area contributed by atoms with Gasteiger partial charge in [-0.05, 0) is 12.8 Å². The maximum absolute atomic E-state index is 11.9.